The topological polar surface area (TPSA) is 79.0 Å². The van der Waals surface area contributed by atoms with Crippen LogP contribution in [0.15, 0.2) is 11.6 Å². The number of nitro groups is 1. The Bertz CT molecular complexity index is 717. The first-order valence-electron chi connectivity index (χ1n) is 8.15. The van der Waals surface area contributed by atoms with Gasteiger partial charge in [-0.2, -0.15) is 9.38 Å². The number of rotatable bonds is 6. The van der Waals surface area contributed by atoms with Crippen molar-refractivity contribution in [1.29, 1.82) is 0 Å². The van der Waals surface area contributed by atoms with Gasteiger partial charge in [0.1, 0.15) is 6.20 Å². The van der Waals surface area contributed by atoms with Gasteiger partial charge in [-0.05, 0) is 32.2 Å². The van der Waals surface area contributed by atoms with Crippen molar-refractivity contribution in [3.63, 3.8) is 0 Å². The maximum atomic E-state index is 11.4. The van der Waals surface area contributed by atoms with E-state index in [0.717, 1.165) is 39.1 Å². The summed E-state index contributed by atoms with van der Waals surface area (Å²) in [4.78, 5) is 20.9. The first kappa shape index (κ1) is 17.1. The van der Waals surface area contributed by atoms with Crippen molar-refractivity contribution in [2.75, 3.05) is 45.1 Å². The van der Waals surface area contributed by atoms with Crippen molar-refractivity contribution in [3.05, 3.63) is 21.7 Å². The Labute approximate surface area is 145 Å². The van der Waals surface area contributed by atoms with E-state index in [0.29, 0.717) is 10.8 Å². The third kappa shape index (κ3) is 3.68. The maximum Gasteiger partial charge on any atom is 0.372 e. The predicted molar refractivity (Wildman–Crippen MR) is 96.0 cm³/mol. The van der Waals surface area contributed by atoms with Crippen molar-refractivity contribution in [1.82, 2.24) is 19.2 Å². The number of hydrogen-bond donors (Lipinski definition) is 1. The average molecular weight is 352 g/mol. The second kappa shape index (κ2) is 6.66. The lowest BCUT2D eigenvalue weighted by Gasteiger charge is -2.35. The summed E-state index contributed by atoms with van der Waals surface area (Å²) in [6.45, 7) is 9.46. The van der Waals surface area contributed by atoms with Gasteiger partial charge in [-0.1, -0.05) is 11.3 Å². The summed E-state index contributed by atoms with van der Waals surface area (Å²) in [6.07, 6.45) is 2.59. The zero-order valence-corrected chi connectivity index (χ0v) is 15.2. The number of nitrogens with zero attached hydrogens (tertiary/aromatic N) is 5. The van der Waals surface area contributed by atoms with E-state index < -0.39 is 0 Å². The molecule has 1 aliphatic heterocycles. The van der Waals surface area contributed by atoms with Crippen LogP contribution in [0, 0.1) is 10.1 Å². The number of piperazine rings is 1. The fraction of sp³-hybridized carbons (Fsp3) is 0.667. The van der Waals surface area contributed by atoms with Crippen LogP contribution in [-0.4, -0.2) is 69.4 Å². The van der Waals surface area contributed by atoms with E-state index in [1.165, 1.54) is 15.7 Å². The molecule has 0 atom stereocenters. The molecular formula is C15H24N6O2S. The second-order valence-electron chi connectivity index (χ2n) is 7.00. The third-order valence-electron chi connectivity index (χ3n) is 4.52. The number of hydrogen-bond acceptors (Lipinski definition) is 7. The summed E-state index contributed by atoms with van der Waals surface area (Å²) >= 11 is 1.40. The first-order chi connectivity index (χ1) is 11.4. The fourth-order valence-corrected chi connectivity index (χ4v) is 3.63. The van der Waals surface area contributed by atoms with Crippen LogP contribution in [0.25, 0.3) is 4.96 Å². The number of thiazole rings is 1. The van der Waals surface area contributed by atoms with Gasteiger partial charge in [0.25, 0.3) is 4.96 Å². The monoisotopic (exact) mass is 352 g/mol. The van der Waals surface area contributed by atoms with Crippen molar-refractivity contribution < 1.29 is 4.92 Å². The molecule has 24 heavy (non-hydrogen) atoms. The summed E-state index contributed by atoms with van der Waals surface area (Å²) in [5.41, 5.74) is -0.266. The molecule has 3 heterocycles. The minimum absolute atomic E-state index is 0.0129. The van der Waals surface area contributed by atoms with E-state index in [4.69, 9.17) is 0 Å². The number of imidazole rings is 1. The molecule has 1 fully saturated rings. The van der Waals surface area contributed by atoms with Crippen molar-refractivity contribution >= 4 is 27.9 Å². The van der Waals surface area contributed by atoms with Crippen LogP contribution in [0.4, 0.5) is 11.6 Å². The van der Waals surface area contributed by atoms with E-state index in [2.05, 4.69) is 41.0 Å². The van der Waals surface area contributed by atoms with Gasteiger partial charge in [-0.25, -0.2) is 0 Å². The number of nitrogens with one attached hydrogen (secondary N) is 1. The first-order valence-corrected chi connectivity index (χ1v) is 9.03. The van der Waals surface area contributed by atoms with Crippen LogP contribution >= 0.6 is 11.3 Å². The lowest BCUT2D eigenvalue weighted by Crippen LogP contribution is -2.46. The highest BCUT2D eigenvalue weighted by Gasteiger charge is 2.29. The molecule has 0 bridgehead atoms. The van der Waals surface area contributed by atoms with Crippen molar-refractivity contribution in [3.8, 4) is 0 Å². The Kier molecular flexibility index (Phi) is 4.75. The molecule has 132 valence electrons. The Morgan fingerprint density at radius 2 is 2.08 bits per heavy atom. The van der Waals surface area contributed by atoms with E-state index in [9.17, 15) is 10.1 Å². The molecule has 8 nitrogen and oxygen atoms in total. The zero-order chi connectivity index (χ0) is 17.3. The lowest BCUT2D eigenvalue weighted by molar-refractivity contribution is -0.389. The predicted octanol–water partition coefficient (Wildman–Crippen LogP) is 2.13. The van der Waals surface area contributed by atoms with Crippen LogP contribution in [0.3, 0.4) is 0 Å². The van der Waals surface area contributed by atoms with Crippen LogP contribution < -0.4 is 5.32 Å². The van der Waals surface area contributed by atoms with Gasteiger partial charge >= 0.3 is 5.82 Å². The number of aromatic nitrogens is 2. The standard InChI is InChI=1S/C15H24N6O2S/c1-15(2,4-5-19-8-6-18(3)7-9-19)17-12-13(21(22)23)20-10-11-24-14(20)16-12/h10-11,17H,4-9H2,1-3H3. The highest BCUT2D eigenvalue weighted by Crippen LogP contribution is 2.30. The van der Waals surface area contributed by atoms with Crippen LogP contribution in [0.1, 0.15) is 20.3 Å². The smallest absolute Gasteiger partial charge is 0.358 e. The maximum absolute atomic E-state index is 11.4. The average Bonchev–Trinajstić information content (AvgIpc) is 3.06. The van der Waals surface area contributed by atoms with Gasteiger partial charge in [-0.3, -0.25) is 0 Å². The summed E-state index contributed by atoms with van der Waals surface area (Å²) in [7, 11) is 2.15. The highest BCUT2D eigenvalue weighted by atomic mass is 32.1. The second-order valence-corrected chi connectivity index (χ2v) is 7.87. The lowest BCUT2D eigenvalue weighted by atomic mass is 10.00. The molecule has 0 unspecified atom stereocenters. The van der Waals surface area contributed by atoms with E-state index in [1.54, 1.807) is 11.6 Å². The van der Waals surface area contributed by atoms with Crippen LogP contribution in [0.2, 0.25) is 0 Å². The molecule has 1 saturated heterocycles. The Balaban J connectivity index is 1.66. The van der Waals surface area contributed by atoms with Crippen molar-refractivity contribution in [2.24, 2.45) is 0 Å². The number of anilines is 1. The van der Waals surface area contributed by atoms with Gasteiger partial charge in [0.15, 0.2) is 0 Å². The largest absolute Gasteiger partial charge is 0.372 e. The molecular weight excluding hydrogens is 328 g/mol. The molecule has 0 saturated carbocycles. The highest BCUT2D eigenvalue weighted by molar-refractivity contribution is 7.15. The summed E-state index contributed by atoms with van der Waals surface area (Å²) in [5, 5.41) is 16.5. The zero-order valence-electron chi connectivity index (χ0n) is 14.4. The Morgan fingerprint density at radius 1 is 1.38 bits per heavy atom. The van der Waals surface area contributed by atoms with Gasteiger partial charge in [-0.15, -0.1) is 0 Å². The minimum atomic E-state index is -0.369. The molecule has 0 aliphatic carbocycles. The summed E-state index contributed by atoms with van der Waals surface area (Å²) in [6, 6.07) is 0. The van der Waals surface area contributed by atoms with E-state index >= 15 is 0 Å². The third-order valence-corrected chi connectivity index (χ3v) is 5.27. The number of fused-ring (bicyclic) bond motifs is 1. The molecule has 1 N–H and O–H groups in total. The van der Waals surface area contributed by atoms with Crippen molar-refractivity contribution in [2.45, 2.75) is 25.8 Å². The van der Waals surface area contributed by atoms with Gasteiger partial charge in [0.2, 0.25) is 5.82 Å². The van der Waals surface area contributed by atoms with Gasteiger partial charge in [0.05, 0.1) is 0 Å². The molecule has 2 aromatic rings. The molecule has 0 amide bonds. The molecule has 1 aliphatic rings. The molecule has 2 aromatic heterocycles. The molecule has 0 spiro atoms. The van der Waals surface area contributed by atoms with Crippen LogP contribution in [-0.2, 0) is 0 Å². The molecule has 0 radical (unpaired) electrons. The SMILES string of the molecule is CN1CCN(CCC(C)(C)Nc2nc3sccn3c2[N+](=O)[O-])CC1. The number of likely N-dealkylation sites (N-methyl/N-ethyl adjacent to an activating group) is 1. The van der Waals surface area contributed by atoms with Gasteiger partial charge < -0.3 is 25.2 Å². The van der Waals surface area contributed by atoms with Gasteiger partial charge in [0, 0.05) is 43.6 Å². The Hall–Kier alpha value is -1.71. The molecule has 0 aromatic carbocycles. The van der Waals surface area contributed by atoms with Crippen LogP contribution in [0.5, 0.6) is 0 Å². The van der Waals surface area contributed by atoms with E-state index in [-0.39, 0.29) is 16.3 Å². The molecule has 9 heteroatoms. The summed E-state index contributed by atoms with van der Waals surface area (Å²) in [5.74, 6) is 0.370. The van der Waals surface area contributed by atoms with E-state index in [1.807, 2.05) is 0 Å². The molecule has 3 rings (SSSR count). The minimum Gasteiger partial charge on any atom is -0.358 e. The summed E-state index contributed by atoms with van der Waals surface area (Å²) < 4.78 is 1.53. The Morgan fingerprint density at radius 3 is 2.75 bits per heavy atom. The normalized spacial score (nSPS) is 17.5. The quantitative estimate of drug-likeness (QED) is 0.634. The fourth-order valence-electron chi connectivity index (χ4n) is 2.92.